The molecule has 0 aromatic heterocycles. The van der Waals surface area contributed by atoms with Crippen LogP contribution in [0.4, 0.5) is 18.0 Å². The number of Topliss-reactive ketones (excluding diaryl/α,β-unsaturated/α-hetero) is 1. The van der Waals surface area contributed by atoms with Crippen molar-refractivity contribution >= 4 is 23.4 Å². The number of hydrogen-bond acceptors (Lipinski definition) is 3. The molecule has 148 valence electrons. The number of urea groups is 1. The Morgan fingerprint density at radius 2 is 1.68 bits per heavy atom. The molecule has 5 nitrogen and oxygen atoms in total. The van der Waals surface area contributed by atoms with E-state index in [-0.39, 0.29) is 11.1 Å². The first-order chi connectivity index (χ1) is 13.0. The molecule has 0 bridgehead atoms. The Balaban J connectivity index is 2.15. The van der Waals surface area contributed by atoms with E-state index >= 15 is 0 Å². The van der Waals surface area contributed by atoms with Crippen LogP contribution in [0.2, 0.25) is 5.02 Å². The Kier molecular flexibility index (Phi) is 5.12. The number of aryl methyl sites for hydroxylation is 1. The minimum Gasteiger partial charge on any atom is -0.363 e. The first-order valence-electron chi connectivity index (χ1n) is 8.27. The van der Waals surface area contributed by atoms with Crippen molar-refractivity contribution in [1.82, 2.24) is 10.6 Å². The van der Waals surface area contributed by atoms with Crippen molar-refractivity contribution in [2.45, 2.75) is 24.9 Å². The van der Waals surface area contributed by atoms with Gasteiger partial charge in [0.05, 0.1) is 6.04 Å². The van der Waals surface area contributed by atoms with Gasteiger partial charge in [-0.15, -0.1) is 0 Å². The van der Waals surface area contributed by atoms with Crippen LogP contribution < -0.4 is 10.6 Å². The Morgan fingerprint density at radius 1 is 1.11 bits per heavy atom. The van der Waals surface area contributed by atoms with E-state index < -0.39 is 35.7 Å². The lowest BCUT2D eigenvalue weighted by molar-refractivity contribution is -0.287. The summed E-state index contributed by atoms with van der Waals surface area (Å²) in [5, 5.41) is 14.6. The molecule has 3 atom stereocenters. The fourth-order valence-electron chi connectivity index (χ4n) is 3.18. The first-order valence-corrected chi connectivity index (χ1v) is 8.65. The van der Waals surface area contributed by atoms with Gasteiger partial charge >= 0.3 is 12.2 Å². The van der Waals surface area contributed by atoms with Gasteiger partial charge in [-0.25, -0.2) is 4.79 Å². The van der Waals surface area contributed by atoms with Gasteiger partial charge in [0, 0.05) is 10.6 Å². The Labute approximate surface area is 163 Å². The van der Waals surface area contributed by atoms with E-state index in [1.54, 1.807) is 19.1 Å². The molecule has 2 aromatic carbocycles. The van der Waals surface area contributed by atoms with E-state index in [9.17, 15) is 27.9 Å². The molecule has 0 radical (unpaired) electrons. The largest absolute Gasteiger partial charge is 0.437 e. The Hall–Kier alpha value is -2.58. The van der Waals surface area contributed by atoms with Gasteiger partial charge in [0.2, 0.25) is 5.72 Å². The van der Waals surface area contributed by atoms with Crippen LogP contribution in [0.1, 0.15) is 27.5 Å². The number of alkyl halides is 3. The number of halogens is 4. The number of benzene rings is 2. The molecule has 2 amide bonds. The molecule has 2 aromatic rings. The second-order valence-corrected chi connectivity index (χ2v) is 7.04. The maximum Gasteiger partial charge on any atom is 0.437 e. The molecule has 0 unspecified atom stereocenters. The van der Waals surface area contributed by atoms with Gasteiger partial charge < -0.3 is 15.7 Å². The van der Waals surface area contributed by atoms with Gasteiger partial charge in [-0.1, -0.05) is 53.6 Å². The average molecular weight is 413 g/mol. The molecular formula is C19H16ClF3N2O3. The predicted molar refractivity (Wildman–Crippen MR) is 95.9 cm³/mol. The number of nitrogens with one attached hydrogen (secondary N) is 2. The minimum absolute atomic E-state index is 0.0183. The van der Waals surface area contributed by atoms with E-state index in [1.807, 2.05) is 0 Å². The van der Waals surface area contributed by atoms with Crippen molar-refractivity contribution in [3.63, 3.8) is 0 Å². The summed E-state index contributed by atoms with van der Waals surface area (Å²) in [7, 11) is 0. The second kappa shape index (κ2) is 7.10. The Morgan fingerprint density at radius 3 is 2.21 bits per heavy atom. The summed E-state index contributed by atoms with van der Waals surface area (Å²) in [5.41, 5.74) is -2.75. The number of carbonyl (C=O) groups is 2. The van der Waals surface area contributed by atoms with E-state index in [0.29, 0.717) is 5.02 Å². The van der Waals surface area contributed by atoms with Gasteiger partial charge in [-0.3, -0.25) is 4.79 Å². The van der Waals surface area contributed by atoms with Crippen LogP contribution in [0.3, 0.4) is 0 Å². The van der Waals surface area contributed by atoms with Crippen LogP contribution in [0.15, 0.2) is 48.5 Å². The topological polar surface area (TPSA) is 78.4 Å². The smallest absolute Gasteiger partial charge is 0.363 e. The molecule has 0 saturated carbocycles. The molecule has 1 aliphatic heterocycles. The van der Waals surface area contributed by atoms with Crippen LogP contribution in [0, 0.1) is 12.8 Å². The van der Waals surface area contributed by atoms with Crippen LogP contribution in [-0.4, -0.2) is 28.8 Å². The highest BCUT2D eigenvalue weighted by Crippen LogP contribution is 2.44. The normalized spacial score (nSPS) is 25.0. The summed E-state index contributed by atoms with van der Waals surface area (Å²) < 4.78 is 41.3. The molecule has 3 rings (SSSR count). The summed E-state index contributed by atoms with van der Waals surface area (Å²) in [6.45, 7) is 1.76. The van der Waals surface area contributed by atoms with E-state index in [4.69, 9.17) is 11.6 Å². The maximum absolute atomic E-state index is 13.8. The highest BCUT2D eigenvalue weighted by Gasteiger charge is 2.66. The van der Waals surface area contributed by atoms with Gasteiger partial charge in [0.1, 0.15) is 5.92 Å². The van der Waals surface area contributed by atoms with Crippen molar-refractivity contribution in [3.8, 4) is 0 Å². The van der Waals surface area contributed by atoms with Gasteiger partial charge in [0.15, 0.2) is 5.78 Å². The van der Waals surface area contributed by atoms with E-state index in [0.717, 1.165) is 5.56 Å². The monoisotopic (exact) mass is 412 g/mol. The highest BCUT2D eigenvalue weighted by atomic mass is 35.5. The zero-order valence-electron chi connectivity index (χ0n) is 14.5. The minimum atomic E-state index is -5.29. The lowest BCUT2D eigenvalue weighted by atomic mass is 9.77. The molecule has 28 heavy (non-hydrogen) atoms. The third kappa shape index (κ3) is 3.57. The summed E-state index contributed by atoms with van der Waals surface area (Å²) in [6.07, 6.45) is -5.29. The van der Waals surface area contributed by atoms with Crippen molar-refractivity contribution in [2.24, 2.45) is 5.92 Å². The second-order valence-electron chi connectivity index (χ2n) is 6.60. The fourth-order valence-corrected chi connectivity index (χ4v) is 3.31. The van der Waals surface area contributed by atoms with E-state index in [2.05, 4.69) is 5.32 Å². The van der Waals surface area contributed by atoms with Crippen LogP contribution in [-0.2, 0) is 0 Å². The summed E-state index contributed by atoms with van der Waals surface area (Å²) >= 11 is 5.82. The zero-order chi connectivity index (χ0) is 20.7. The number of aliphatic hydroxyl groups is 1. The molecule has 1 aliphatic rings. The number of hydrogen-bond donors (Lipinski definition) is 3. The SMILES string of the molecule is Cc1ccc(C(=O)[C@H]2[C@@H](c3ccc(Cl)cc3)NC(=O)N[C@@]2(O)C(F)(F)F)cc1. The average Bonchev–Trinajstić information content (AvgIpc) is 2.61. The number of amides is 2. The highest BCUT2D eigenvalue weighted by molar-refractivity contribution is 6.30. The van der Waals surface area contributed by atoms with Crippen LogP contribution in [0.25, 0.3) is 0 Å². The molecule has 0 aliphatic carbocycles. The fraction of sp³-hybridized carbons (Fsp3) is 0.263. The summed E-state index contributed by atoms with van der Waals surface area (Å²) in [5.74, 6) is -3.03. The quantitative estimate of drug-likeness (QED) is 0.672. The van der Waals surface area contributed by atoms with Gasteiger partial charge in [-0.05, 0) is 24.6 Å². The summed E-state index contributed by atoms with van der Waals surface area (Å²) in [6, 6.07) is 8.87. The zero-order valence-corrected chi connectivity index (χ0v) is 15.3. The molecule has 1 heterocycles. The van der Waals surface area contributed by atoms with Crippen molar-refractivity contribution < 1.29 is 27.9 Å². The molecule has 1 saturated heterocycles. The summed E-state index contributed by atoms with van der Waals surface area (Å²) in [4.78, 5) is 25.0. The van der Waals surface area contributed by atoms with Crippen molar-refractivity contribution in [1.29, 1.82) is 0 Å². The maximum atomic E-state index is 13.8. The van der Waals surface area contributed by atoms with E-state index in [1.165, 1.54) is 41.7 Å². The van der Waals surface area contributed by atoms with Crippen molar-refractivity contribution in [2.75, 3.05) is 0 Å². The van der Waals surface area contributed by atoms with Crippen LogP contribution in [0.5, 0.6) is 0 Å². The number of ketones is 1. The molecule has 3 N–H and O–H groups in total. The van der Waals surface area contributed by atoms with Crippen molar-refractivity contribution in [3.05, 3.63) is 70.2 Å². The molecule has 9 heteroatoms. The number of carbonyl (C=O) groups excluding carboxylic acids is 2. The standard InChI is InChI=1S/C19H16ClF3N2O3/c1-10-2-4-12(5-3-10)16(26)14-15(11-6-8-13(20)9-7-11)24-17(27)25-18(14,28)19(21,22)23/h2-9,14-15,28H,1H3,(H2,24,25,27)/t14-,15-,18+/m1/s1. The molecular weight excluding hydrogens is 397 g/mol. The van der Waals surface area contributed by atoms with Gasteiger partial charge in [0.25, 0.3) is 0 Å². The first kappa shape index (κ1) is 20.2. The Bertz CT molecular complexity index is 900. The van der Waals surface area contributed by atoms with Crippen LogP contribution >= 0.6 is 11.6 Å². The third-order valence-electron chi connectivity index (χ3n) is 4.65. The predicted octanol–water partition coefficient (Wildman–Crippen LogP) is 3.75. The third-order valence-corrected chi connectivity index (χ3v) is 4.91. The van der Waals surface area contributed by atoms with Gasteiger partial charge in [-0.2, -0.15) is 13.2 Å². The number of rotatable bonds is 3. The lowest BCUT2D eigenvalue weighted by Gasteiger charge is -2.45. The lowest BCUT2D eigenvalue weighted by Crippen LogP contribution is -2.72. The molecule has 0 spiro atoms. The molecule has 1 fully saturated rings.